The number of aromatic nitrogens is 1. The summed E-state index contributed by atoms with van der Waals surface area (Å²) in [6.45, 7) is 0. The predicted octanol–water partition coefficient (Wildman–Crippen LogP) is 0.940. The molecule has 2 unspecified atom stereocenters. The molecule has 0 aliphatic carbocycles. The molecule has 0 saturated carbocycles. The van der Waals surface area contributed by atoms with Crippen molar-refractivity contribution in [2.45, 2.75) is 18.6 Å². The molecular weight excluding hydrogens is 294 g/mol. The molecule has 0 radical (unpaired) electrons. The van der Waals surface area contributed by atoms with E-state index in [1.54, 1.807) is 12.1 Å². The molecule has 6 nitrogen and oxygen atoms in total. The first kappa shape index (κ1) is 15.6. The number of pyridine rings is 1. The highest BCUT2D eigenvalue weighted by Gasteiger charge is 2.19. The molecule has 1 aromatic heterocycles. The van der Waals surface area contributed by atoms with Gasteiger partial charge in [0.2, 0.25) is 5.43 Å². The normalized spacial score (nSPS) is 14.0. The summed E-state index contributed by atoms with van der Waals surface area (Å²) in [6, 6.07) is 4.53. The lowest BCUT2D eigenvalue weighted by atomic mass is 10.00. The van der Waals surface area contributed by atoms with E-state index in [1.807, 2.05) is 0 Å². The van der Waals surface area contributed by atoms with Crippen molar-refractivity contribution < 1.29 is 20.1 Å². The molecule has 0 bridgehead atoms. The number of aliphatic hydroxyl groups is 2. The lowest BCUT2D eigenvalue weighted by molar-refractivity contribution is 0.0173. The number of H-pyrrole nitrogens is 1. The average molecular weight is 309 g/mol. The fourth-order valence-corrected chi connectivity index (χ4v) is 2.36. The van der Waals surface area contributed by atoms with Crippen molar-refractivity contribution >= 4 is 29.5 Å². The Morgan fingerprint density at radius 2 is 2.05 bits per heavy atom. The molecule has 21 heavy (non-hydrogen) atoms. The van der Waals surface area contributed by atoms with Crippen LogP contribution in [0.4, 0.5) is 0 Å². The van der Waals surface area contributed by atoms with Gasteiger partial charge in [-0.1, -0.05) is 6.07 Å². The van der Waals surface area contributed by atoms with E-state index in [2.05, 4.69) is 17.6 Å². The van der Waals surface area contributed by atoms with Crippen molar-refractivity contribution in [3.63, 3.8) is 0 Å². The molecule has 0 spiro atoms. The van der Waals surface area contributed by atoms with E-state index >= 15 is 0 Å². The third kappa shape index (κ3) is 3.10. The number of aliphatic hydroxyl groups excluding tert-OH is 2. The maximum atomic E-state index is 12.1. The minimum Gasteiger partial charge on any atom is -0.477 e. The van der Waals surface area contributed by atoms with Crippen LogP contribution >= 0.6 is 12.6 Å². The van der Waals surface area contributed by atoms with Crippen molar-refractivity contribution in [2.75, 3.05) is 5.75 Å². The summed E-state index contributed by atoms with van der Waals surface area (Å²) >= 11 is 3.99. The number of nitrogens with one attached hydrogen (secondary N) is 1. The Bertz CT molecular complexity index is 727. The van der Waals surface area contributed by atoms with Gasteiger partial charge < -0.3 is 20.3 Å². The summed E-state index contributed by atoms with van der Waals surface area (Å²) < 4.78 is 0. The van der Waals surface area contributed by atoms with Gasteiger partial charge in [-0.05, 0) is 29.9 Å². The van der Waals surface area contributed by atoms with Crippen molar-refractivity contribution in [3.05, 3.63) is 45.7 Å². The second kappa shape index (κ2) is 6.30. The Labute approximate surface area is 125 Å². The van der Waals surface area contributed by atoms with Gasteiger partial charge in [0.15, 0.2) is 0 Å². The highest BCUT2D eigenvalue weighted by molar-refractivity contribution is 7.80. The predicted molar refractivity (Wildman–Crippen MR) is 81.0 cm³/mol. The van der Waals surface area contributed by atoms with Gasteiger partial charge in [0.25, 0.3) is 0 Å². The number of benzene rings is 1. The van der Waals surface area contributed by atoms with E-state index in [4.69, 9.17) is 5.11 Å². The maximum absolute atomic E-state index is 12.1. The summed E-state index contributed by atoms with van der Waals surface area (Å²) in [4.78, 5) is 25.8. The number of aromatic amines is 1. The molecule has 112 valence electrons. The first-order valence-electron chi connectivity index (χ1n) is 6.31. The van der Waals surface area contributed by atoms with Gasteiger partial charge in [0.1, 0.15) is 11.7 Å². The number of carboxylic acids is 1. The van der Waals surface area contributed by atoms with E-state index in [9.17, 15) is 19.8 Å². The SMILES string of the molecule is O=C(O)c1c[nH]c2ccc(C(O)C(O)CCS)cc2c1=O. The molecular formula is C14H15NO5S. The average Bonchev–Trinajstić information content (AvgIpc) is 2.46. The Morgan fingerprint density at radius 1 is 1.33 bits per heavy atom. The molecule has 1 heterocycles. The first-order valence-corrected chi connectivity index (χ1v) is 6.94. The molecule has 2 aromatic rings. The largest absolute Gasteiger partial charge is 0.477 e. The van der Waals surface area contributed by atoms with Crippen LogP contribution in [0.25, 0.3) is 10.9 Å². The zero-order valence-electron chi connectivity index (χ0n) is 11.0. The van der Waals surface area contributed by atoms with E-state index in [-0.39, 0.29) is 10.9 Å². The van der Waals surface area contributed by atoms with Crippen LogP contribution in [0.1, 0.15) is 28.4 Å². The molecule has 4 N–H and O–H groups in total. The number of fused-ring (bicyclic) bond motifs is 1. The molecule has 2 atom stereocenters. The van der Waals surface area contributed by atoms with Crippen molar-refractivity contribution in [1.82, 2.24) is 4.98 Å². The number of hydrogen-bond acceptors (Lipinski definition) is 5. The number of carboxylic acid groups (broad SMARTS) is 1. The van der Waals surface area contributed by atoms with Crippen LogP contribution in [0.15, 0.2) is 29.2 Å². The topological polar surface area (TPSA) is 111 Å². The van der Waals surface area contributed by atoms with E-state index in [1.165, 1.54) is 6.07 Å². The van der Waals surface area contributed by atoms with Crippen LogP contribution in [-0.2, 0) is 0 Å². The molecule has 7 heteroatoms. The van der Waals surface area contributed by atoms with Gasteiger partial charge in [0.05, 0.1) is 6.10 Å². The highest BCUT2D eigenvalue weighted by atomic mass is 32.1. The molecule has 0 aliphatic heterocycles. The molecule has 1 aromatic carbocycles. The third-order valence-electron chi connectivity index (χ3n) is 3.27. The zero-order valence-corrected chi connectivity index (χ0v) is 11.9. The smallest absolute Gasteiger partial charge is 0.341 e. The Hall–Kier alpha value is -1.83. The number of carbonyl (C=O) groups is 1. The van der Waals surface area contributed by atoms with Crippen LogP contribution in [0, 0.1) is 0 Å². The molecule has 0 saturated heterocycles. The second-order valence-corrected chi connectivity index (χ2v) is 5.11. The molecule has 2 rings (SSSR count). The monoisotopic (exact) mass is 309 g/mol. The lowest BCUT2D eigenvalue weighted by Gasteiger charge is -2.17. The van der Waals surface area contributed by atoms with Crippen LogP contribution in [0.3, 0.4) is 0 Å². The van der Waals surface area contributed by atoms with Crippen LogP contribution in [0.2, 0.25) is 0 Å². The summed E-state index contributed by atoms with van der Waals surface area (Å²) in [7, 11) is 0. The van der Waals surface area contributed by atoms with Gasteiger partial charge >= 0.3 is 5.97 Å². The molecule has 0 aliphatic rings. The van der Waals surface area contributed by atoms with E-state index in [0.29, 0.717) is 23.3 Å². The molecule has 0 fully saturated rings. The second-order valence-electron chi connectivity index (χ2n) is 4.67. The standard InChI is InChI=1S/C14H15NO5S/c16-11(3-4-21)12(17)7-1-2-10-8(5-7)13(18)9(6-15-10)14(19)20/h1-2,5-6,11-12,16-17,21H,3-4H2,(H,15,18)(H,19,20). The zero-order chi connectivity index (χ0) is 15.6. The summed E-state index contributed by atoms with van der Waals surface area (Å²) in [5.74, 6) is -0.908. The van der Waals surface area contributed by atoms with Crippen LogP contribution in [-0.4, -0.2) is 38.1 Å². The first-order chi connectivity index (χ1) is 9.95. The third-order valence-corrected chi connectivity index (χ3v) is 3.52. The highest BCUT2D eigenvalue weighted by Crippen LogP contribution is 2.22. The lowest BCUT2D eigenvalue weighted by Crippen LogP contribution is -2.20. The fourth-order valence-electron chi connectivity index (χ4n) is 2.09. The number of thiol groups is 1. The van der Waals surface area contributed by atoms with Gasteiger partial charge in [-0.15, -0.1) is 0 Å². The van der Waals surface area contributed by atoms with Gasteiger partial charge in [-0.2, -0.15) is 12.6 Å². The van der Waals surface area contributed by atoms with Crippen molar-refractivity contribution in [2.24, 2.45) is 0 Å². The summed E-state index contributed by atoms with van der Waals surface area (Å²) in [6.07, 6.45) is -0.719. The van der Waals surface area contributed by atoms with E-state index in [0.717, 1.165) is 6.20 Å². The van der Waals surface area contributed by atoms with E-state index < -0.39 is 23.6 Å². The van der Waals surface area contributed by atoms with Crippen molar-refractivity contribution in [1.29, 1.82) is 0 Å². The molecule has 0 amide bonds. The number of aromatic carboxylic acids is 1. The number of hydrogen-bond donors (Lipinski definition) is 5. The minimum atomic E-state index is -1.32. The quantitative estimate of drug-likeness (QED) is 0.528. The number of rotatable bonds is 5. The van der Waals surface area contributed by atoms with Gasteiger partial charge in [-0.3, -0.25) is 4.79 Å². The van der Waals surface area contributed by atoms with Gasteiger partial charge in [0, 0.05) is 17.1 Å². The van der Waals surface area contributed by atoms with Gasteiger partial charge in [-0.25, -0.2) is 4.79 Å². The van der Waals surface area contributed by atoms with Crippen molar-refractivity contribution in [3.8, 4) is 0 Å². The Morgan fingerprint density at radius 3 is 2.67 bits per heavy atom. The fraction of sp³-hybridized carbons (Fsp3) is 0.286. The summed E-state index contributed by atoms with van der Waals surface area (Å²) in [5.41, 5.74) is -0.187. The Kier molecular flexibility index (Phi) is 4.66. The van der Waals surface area contributed by atoms with Crippen LogP contribution in [0.5, 0.6) is 0 Å². The Balaban J connectivity index is 2.52. The summed E-state index contributed by atoms with van der Waals surface area (Å²) in [5, 5.41) is 28.9. The maximum Gasteiger partial charge on any atom is 0.341 e. The van der Waals surface area contributed by atoms with Crippen LogP contribution < -0.4 is 5.43 Å². The minimum absolute atomic E-state index is 0.157.